The highest BCUT2D eigenvalue weighted by atomic mass is 16.5. The van der Waals surface area contributed by atoms with Crippen molar-refractivity contribution < 1.29 is 14.3 Å². The molecule has 4 rings (SSSR count). The number of nitrogens with zero attached hydrogens (tertiary/aromatic N) is 1. The first-order chi connectivity index (χ1) is 11.6. The number of benzene rings is 1. The SMILES string of the molecule is COc1cc2c(cc1OC)C13CCCCC1(C)CCC(=O)N3CC2. The Morgan fingerprint density at radius 3 is 2.46 bits per heavy atom. The second kappa shape index (κ2) is 5.40. The van der Waals surface area contributed by atoms with Gasteiger partial charge in [-0.05, 0) is 54.4 Å². The van der Waals surface area contributed by atoms with Gasteiger partial charge in [0.2, 0.25) is 5.91 Å². The lowest BCUT2D eigenvalue weighted by Gasteiger charge is -2.63. The van der Waals surface area contributed by atoms with E-state index < -0.39 is 0 Å². The summed E-state index contributed by atoms with van der Waals surface area (Å²) in [5, 5.41) is 0. The maximum Gasteiger partial charge on any atom is 0.223 e. The first-order valence-electron chi connectivity index (χ1n) is 9.11. The molecule has 0 aromatic heterocycles. The zero-order valence-corrected chi connectivity index (χ0v) is 15.0. The van der Waals surface area contributed by atoms with Gasteiger partial charge in [0.05, 0.1) is 19.8 Å². The molecular formula is C20H27NO3. The van der Waals surface area contributed by atoms with E-state index in [1.54, 1.807) is 14.2 Å². The molecule has 24 heavy (non-hydrogen) atoms. The molecule has 1 aliphatic carbocycles. The van der Waals surface area contributed by atoms with Gasteiger partial charge in [-0.1, -0.05) is 19.8 Å². The topological polar surface area (TPSA) is 38.8 Å². The van der Waals surface area contributed by atoms with Crippen LogP contribution in [-0.2, 0) is 16.8 Å². The van der Waals surface area contributed by atoms with Crippen molar-refractivity contribution in [1.82, 2.24) is 4.90 Å². The lowest BCUT2D eigenvalue weighted by atomic mass is 9.53. The number of methoxy groups -OCH3 is 2. The smallest absolute Gasteiger partial charge is 0.223 e. The minimum absolute atomic E-state index is 0.159. The second-order valence-electron chi connectivity index (χ2n) is 7.79. The molecule has 1 saturated heterocycles. The number of piperidine rings is 1. The van der Waals surface area contributed by atoms with Crippen molar-refractivity contribution in [3.05, 3.63) is 23.3 Å². The van der Waals surface area contributed by atoms with Crippen LogP contribution in [0.3, 0.4) is 0 Å². The summed E-state index contributed by atoms with van der Waals surface area (Å²) < 4.78 is 11.1. The van der Waals surface area contributed by atoms with Crippen molar-refractivity contribution in [2.24, 2.45) is 5.41 Å². The Balaban J connectivity index is 1.96. The number of rotatable bonds is 2. The number of amides is 1. The van der Waals surface area contributed by atoms with Crippen LogP contribution in [0.15, 0.2) is 12.1 Å². The third kappa shape index (κ3) is 1.88. The van der Waals surface area contributed by atoms with Gasteiger partial charge in [-0.15, -0.1) is 0 Å². The number of carbonyl (C=O) groups excluding carboxylic acids is 1. The van der Waals surface area contributed by atoms with Crippen LogP contribution in [-0.4, -0.2) is 31.6 Å². The van der Waals surface area contributed by atoms with E-state index in [1.165, 1.54) is 30.4 Å². The van der Waals surface area contributed by atoms with Gasteiger partial charge in [0.25, 0.3) is 0 Å². The van der Waals surface area contributed by atoms with Gasteiger partial charge >= 0.3 is 0 Å². The van der Waals surface area contributed by atoms with E-state index in [9.17, 15) is 4.79 Å². The highest BCUT2D eigenvalue weighted by Gasteiger charge is 2.59. The largest absolute Gasteiger partial charge is 0.493 e. The molecule has 1 amide bonds. The maximum absolute atomic E-state index is 12.8. The highest BCUT2D eigenvalue weighted by molar-refractivity contribution is 5.79. The predicted molar refractivity (Wildman–Crippen MR) is 92.5 cm³/mol. The minimum atomic E-state index is -0.159. The van der Waals surface area contributed by atoms with Crippen LogP contribution in [0.4, 0.5) is 0 Å². The molecule has 1 aromatic carbocycles. The van der Waals surface area contributed by atoms with Crippen molar-refractivity contribution in [2.75, 3.05) is 20.8 Å². The fraction of sp³-hybridized carbons (Fsp3) is 0.650. The quantitative estimate of drug-likeness (QED) is 0.831. The molecule has 1 spiro atoms. The third-order valence-corrected chi connectivity index (χ3v) is 6.83. The first kappa shape index (κ1) is 15.8. The Hall–Kier alpha value is -1.71. The van der Waals surface area contributed by atoms with Crippen LogP contribution >= 0.6 is 0 Å². The van der Waals surface area contributed by atoms with Crippen molar-refractivity contribution in [3.63, 3.8) is 0 Å². The summed E-state index contributed by atoms with van der Waals surface area (Å²) in [6.45, 7) is 3.23. The number of ether oxygens (including phenoxy) is 2. The monoisotopic (exact) mass is 329 g/mol. The molecule has 1 saturated carbocycles. The van der Waals surface area contributed by atoms with Gasteiger partial charge in [0.1, 0.15) is 0 Å². The molecule has 2 fully saturated rings. The highest BCUT2D eigenvalue weighted by Crippen LogP contribution is 2.61. The number of fused-ring (bicyclic) bond motifs is 1. The normalized spacial score (nSPS) is 31.8. The van der Waals surface area contributed by atoms with Crippen LogP contribution in [0.5, 0.6) is 11.5 Å². The molecule has 1 aromatic rings. The van der Waals surface area contributed by atoms with E-state index in [1.807, 2.05) is 0 Å². The maximum atomic E-state index is 12.8. The molecule has 0 N–H and O–H groups in total. The van der Waals surface area contributed by atoms with E-state index in [0.29, 0.717) is 12.3 Å². The van der Waals surface area contributed by atoms with Crippen molar-refractivity contribution in [1.29, 1.82) is 0 Å². The Bertz CT molecular complexity index is 686. The van der Waals surface area contributed by atoms with Crippen molar-refractivity contribution in [2.45, 2.75) is 57.4 Å². The molecule has 4 nitrogen and oxygen atoms in total. The molecule has 0 radical (unpaired) electrons. The van der Waals surface area contributed by atoms with Crippen LogP contribution in [0, 0.1) is 5.41 Å². The predicted octanol–water partition coefficient (Wildman–Crippen LogP) is 3.66. The van der Waals surface area contributed by atoms with Gasteiger partial charge in [0, 0.05) is 13.0 Å². The molecule has 3 aliphatic rings. The zero-order valence-electron chi connectivity index (χ0n) is 15.0. The third-order valence-electron chi connectivity index (χ3n) is 6.83. The van der Waals surface area contributed by atoms with E-state index in [2.05, 4.69) is 24.0 Å². The Morgan fingerprint density at radius 2 is 1.71 bits per heavy atom. The summed E-state index contributed by atoms with van der Waals surface area (Å²) in [6.07, 6.45) is 7.31. The van der Waals surface area contributed by atoms with E-state index in [-0.39, 0.29) is 11.0 Å². The van der Waals surface area contributed by atoms with E-state index in [4.69, 9.17) is 9.47 Å². The number of hydrogen-bond acceptors (Lipinski definition) is 3. The average Bonchev–Trinajstić information content (AvgIpc) is 2.61. The fourth-order valence-electron chi connectivity index (χ4n) is 5.59. The molecule has 2 heterocycles. The molecule has 130 valence electrons. The van der Waals surface area contributed by atoms with Gasteiger partial charge in [-0.2, -0.15) is 0 Å². The van der Waals surface area contributed by atoms with Crippen molar-refractivity contribution >= 4 is 5.91 Å². The molecule has 2 unspecified atom stereocenters. The first-order valence-corrected chi connectivity index (χ1v) is 9.11. The molecular weight excluding hydrogens is 302 g/mol. The molecule has 4 heteroatoms. The Kier molecular flexibility index (Phi) is 3.55. The zero-order chi connectivity index (χ0) is 16.9. The lowest BCUT2D eigenvalue weighted by Crippen LogP contribution is -2.65. The Labute approximate surface area is 144 Å². The van der Waals surface area contributed by atoms with E-state index >= 15 is 0 Å². The molecule has 2 atom stereocenters. The standard InChI is InChI=1S/C20H27NO3/c1-19-8-4-5-9-20(19)15-13-17(24-3)16(23-2)12-14(15)7-11-21(20)18(22)6-10-19/h12-13H,4-11H2,1-3H3. The van der Waals surface area contributed by atoms with Crippen LogP contribution in [0.1, 0.15) is 56.6 Å². The Morgan fingerprint density at radius 1 is 1.00 bits per heavy atom. The second-order valence-corrected chi connectivity index (χ2v) is 7.79. The molecule has 0 bridgehead atoms. The average molecular weight is 329 g/mol. The molecule has 2 aliphatic heterocycles. The van der Waals surface area contributed by atoms with Gasteiger partial charge in [-0.25, -0.2) is 0 Å². The van der Waals surface area contributed by atoms with Crippen LogP contribution < -0.4 is 9.47 Å². The fourth-order valence-corrected chi connectivity index (χ4v) is 5.59. The summed E-state index contributed by atoms with van der Waals surface area (Å²) in [5.41, 5.74) is 2.63. The van der Waals surface area contributed by atoms with Gasteiger partial charge < -0.3 is 14.4 Å². The van der Waals surface area contributed by atoms with Gasteiger partial charge in [0.15, 0.2) is 11.5 Å². The minimum Gasteiger partial charge on any atom is -0.493 e. The van der Waals surface area contributed by atoms with Crippen LogP contribution in [0.2, 0.25) is 0 Å². The summed E-state index contributed by atoms with van der Waals surface area (Å²) in [6, 6.07) is 4.29. The van der Waals surface area contributed by atoms with Crippen molar-refractivity contribution in [3.8, 4) is 11.5 Å². The van der Waals surface area contributed by atoms with E-state index in [0.717, 1.165) is 37.3 Å². The lowest BCUT2D eigenvalue weighted by molar-refractivity contribution is -0.164. The van der Waals surface area contributed by atoms with Gasteiger partial charge in [-0.3, -0.25) is 4.79 Å². The van der Waals surface area contributed by atoms with Crippen LogP contribution in [0.25, 0.3) is 0 Å². The summed E-state index contributed by atoms with van der Waals surface area (Å²) in [5.74, 6) is 1.90. The number of carbonyl (C=O) groups is 1. The summed E-state index contributed by atoms with van der Waals surface area (Å²) >= 11 is 0. The number of hydrogen-bond donors (Lipinski definition) is 0. The summed E-state index contributed by atoms with van der Waals surface area (Å²) in [7, 11) is 3.38. The summed E-state index contributed by atoms with van der Waals surface area (Å²) in [4.78, 5) is 15.0.